The number of alkyl halides is 3. The Morgan fingerprint density at radius 1 is 1.19 bits per heavy atom. The number of nitrogens with one attached hydrogen (secondary N) is 1. The van der Waals surface area contributed by atoms with Gasteiger partial charge in [0.15, 0.2) is 0 Å². The summed E-state index contributed by atoms with van der Waals surface area (Å²) in [6, 6.07) is 6.33. The molecule has 0 fully saturated rings. The molecule has 1 amide bonds. The van der Waals surface area contributed by atoms with Crippen LogP contribution < -0.4 is 5.32 Å². The number of anilines is 1. The average Bonchev–Trinajstić information content (AvgIpc) is 3.02. The first-order valence-corrected chi connectivity index (χ1v) is 8.30. The van der Waals surface area contributed by atoms with Crippen LogP contribution in [0, 0.1) is 0 Å². The minimum Gasteiger partial charge on any atom is -0.310 e. The molecule has 0 bridgehead atoms. The third-order valence-corrected chi connectivity index (χ3v) is 4.16. The number of benzene rings is 1. The Bertz CT molecular complexity index is 738. The zero-order valence-corrected chi connectivity index (χ0v) is 15.2. The molecule has 1 N–H and O–H groups in total. The fourth-order valence-corrected chi connectivity index (χ4v) is 2.48. The first-order chi connectivity index (χ1) is 12.1. The van der Waals surface area contributed by atoms with E-state index in [1.165, 1.54) is 12.1 Å². The number of amides is 1. The molecule has 0 radical (unpaired) electrons. The molecule has 8 heteroatoms. The molecule has 0 unspecified atom stereocenters. The molecule has 1 heterocycles. The first-order valence-electron chi connectivity index (χ1n) is 8.30. The van der Waals surface area contributed by atoms with Crippen molar-refractivity contribution in [3.05, 3.63) is 47.7 Å². The van der Waals surface area contributed by atoms with Crippen LogP contribution in [0.3, 0.4) is 0 Å². The maximum atomic E-state index is 12.6. The number of aromatic nitrogens is 2. The number of carbonyl (C=O) groups excluding carboxylic acids is 1. The quantitative estimate of drug-likeness (QED) is 0.840. The average molecular weight is 368 g/mol. The van der Waals surface area contributed by atoms with Gasteiger partial charge in [0.25, 0.3) is 0 Å². The molecule has 2 rings (SSSR count). The van der Waals surface area contributed by atoms with E-state index in [0.29, 0.717) is 17.9 Å². The van der Waals surface area contributed by atoms with E-state index in [9.17, 15) is 18.0 Å². The van der Waals surface area contributed by atoms with E-state index < -0.39 is 17.8 Å². The van der Waals surface area contributed by atoms with E-state index in [2.05, 4.69) is 10.4 Å². The highest BCUT2D eigenvalue weighted by molar-refractivity contribution is 5.93. The van der Waals surface area contributed by atoms with E-state index in [4.69, 9.17) is 0 Å². The van der Waals surface area contributed by atoms with Crippen molar-refractivity contribution in [3.8, 4) is 0 Å². The number of nitrogens with zero attached hydrogens (tertiary/aromatic N) is 3. The van der Waals surface area contributed by atoms with Crippen molar-refractivity contribution < 1.29 is 18.0 Å². The zero-order chi connectivity index (χ0) is 19.5. The Hall–Kier alpha value is -2.35. The predicted octanol–water partition coefficient (Wildman–Crippen LogP) is 3.94. The molecular formula is C18H23F3N4O. The van der Waals surface area contributed by atoms with E-state index in [-0.39, 0.29) is 11.9 Å². The SMILES string of the molecule is CC(C)n1nccc1NC(=O)[C@@H](C)N(C)Cc1ccc(C(F)(F)F)cc1. The standard InChI is InChI=1S/C18H23F3N4O/c1-12(2)25-16(9-10-22-25)23-17(26)13(3)24(4)11-14-5-7-15(8-6-14)18(19,20)21/h5-10,12-13H,11H2,1-4H3,(H,23,26)/t13-/m1/s1. The topological polar surface area (TPSA) is 50.2 Å². The summed E-state index contributed by atoms with van der Waals surface area (Å²) >= 11 is 0. The highest BCUT2D eigenvalue weighted by Crippen LogP contribution is 2.29. The van der Waals surface area contributed by atoms with Gasteiger partial charge in [-0.15, -0.1) is 0 Å². The highest BCUT2D eigenvalue weighted by atomic mass is 19.4. The summed E-state index contributed by atoms with van der Waals surface area (Å²) in [7, 11) is 1.75. The lowest BCUT2D eigenvalue weighted by Crippen LogP contribution is -2.39. The van der Waals surface area contributed by atoms with Crippen LogP contribution in [0.4, 0.5) is 19.0 Å². The van der Waals surface area contributed by atoms with Crippen molar-refractivity contribution in [2.24, 2.45) is 0 Å². The lowest BCUT2D eigenvalue weighted by molar-refractivity contribution is -0.137. The minimum absolute atomic E-state index is 0.112. The van der Waals surface area contributed by atoms with Crippen LogP contribution >= 0.6 is 0 Å². The van der Waals surface area contributed by atoms with Gasteiger partial charge in [0, 0.05) is 18.7 Å². The van der Waals surface area contributed by atoms with Crippen molar-refractivity contribution in [3.63, 3.8) is 0 Å². The third kappa shape index (κ3) is 4.85. The van der Waals surface area contributed by atoms with E-state index in [1.807, 2.05) is 13.8 Å². The summed E-state index contributed by atoms with van der Waals surface area (Å²) in [6.07, 6.45) is -2.73. The molecule has 26 heavy (non-hydrogen) atoms. The Labute approximate surface area is 150 Å². The summed E-state index contributed by atoms with van der Waals surface area (Å²) in [5, 5.41) is 7.00. The molecule has 0 aliphatic heterocycles. The van der Waals surface area contributed by atoms with Gasteiger partial charge in [-0.1, -0.05) is 12.1 Å². The smallest absolute Gasteiger partial charge is 0.310 e. The summed E-state index contributed by atoms with van der Waals surface area (Å²) in [5.74, 6) is 0.404. The zero-order valence-electron chi connectivity index (χ0n) is 15.2. The fraction of sp³-hybridized carbons (Fsp3) is 0.444. The van der Waals surface area contributed by atoms with Crippen molar-refractivity contribution >= 4 is 11.7 Å². The number of rotatable bonds is 6. The molecule has 0 saturated carbocycles. The van der Waals surface area contributed by atoms with Crippen LogP contribution in [0.25, 0.3) is 0 Å². The number of carbonyl (C=O) groups is 1. The Morgan fingerprint density at radius 3 is 2.35 bits per heavy atom. The Kier molecular flexibility index (Phi) is 6.07. The van der Waals surface area contributed by atoms with E-state index >= 15 is 0 Å². The fourth-order valence-electron chi connectivity index (χ4n) is 2.48. The van der Waals surface area contributed by atoms with Gasteiger partial charge in [-0.2, -0.15) is 18.3 Å². The highest BCUT2D eigenvalue weighted by Gasteiger charge is 2.30. The molecule has 1 atom stereocenters. The van der Waals surface area contributed by atoms with Crippen LogP contribution in [-0.4, -0.2) is 33.7 Å². The summed E-state index contributed by atoms with van der Waals surface area (Å²) in [6.45, 7) is 6.03. The van der Waals surface area contributed by atoms with Gasteiger partial charge in [-0.05, 0) is 45.5 Å². The summed E-state index contributed by atoms with van der Waals surface area (Å²) in [5.41, 5.74) is 0.0176. The maximum Gasteiger partial charge on any atom is 0.416 e. The van der Waals surface area contributed by atoms with Crippen molar-refractivity contribution in [1.29, 1.82) is 0 Å². The van der Waals surface area contributed by atoms with Crippen molar-refractivity contribution in [2.75, 3.05) is 12.4 Å². The number of hydrogen-bond donors (Lipinski definition) is 1. The summed E-state index contributed by atoms with van der Waals surface area (Å²) in [4.78, 5) is 14.2. The summed E-state index contributed by atoms with van der Waals surface area (Å²) < 4.78 is 39.6. The van der Waals surface area contributed by atoms with Gasteiger partial charge in [0.05, 0.1) is 17.8 Å². The second kappa shape index (κ2) is 7.90. The molecule has 0 saturated heterocycles. The Morgan fingerprint density at radius 2 is 1.81 bits per heavy atom. The second-order valence-electron chi connectivity index (χ2n) is 6.53. The molecule has 1 aromatic carbocycles. The molecule has 0 spiro atoms. The third-order valence-electron chi connectivity index (χ3n) is 4.16. The molecule has 142 valence electrons. The number of likely N-dealkylation sites (N-methyl/N-ethyl adjacent to an activating group) is 1. The monoisotopic (exact) mass is 368 g/mol. The van der Waals surface area contributed by atoms with Crippen molar-refractivity contribution in [1.82, 2.24) is 14.7 Å². The molecule has 5 nitrogen and oxygen atoms in total. The van der Waals surface area contributed by atoms with Crippen LogP contribution in [-0.2, 0) is 17.5 Å². The largest absolute Gasteiger partial charge is 0.416 e. The van der Waals surface area contributed by atoms with Gasteiger partial charge in [0.2, 0.25) is 5.91 Å². The number of halogens is 3. The van der Waals surface area contributed by atoms with Crippen molar-refractivity contribution in [2.45, 2.75) is 45.6 Å². The van der Waals surface area contributed by atoms with Gasteiger partial charge in [-0.3, -0.25) is 9.69 Å². The lowest BCUT2D eigenvalue weighted by atomic mass is 10.1. The minimum atomic E-state index is -4.35. The molecule has 0 aliphatic carbocycles. The number of hydrogen-bond acceptors (Lipinski definition) is 3. The normalized spacial score (nSPS) is 13.3. The van der Waals surface area contributed by atoms with Crippen LogP contribution in [0.5, 0.6) is 0 Å². The van der Waals surface area contributed by atoms with Crippen LogP contribution in [0.1, 0.15) is 37.9 Å². The van der Waals surface area contributed by atoms with Gasteiger partial charge in [-0.25, -0.2) is 4.68 Å². The van der Waals surface area contributed by atoms with Crippen LogP contribution in [0.15, 0.2) is 36.5 Å². The molecule has 1 aromatic heterocycles. The molecule has 0 aliphatic rings. The van der Waals surface area contributed by atoms with Gasteiger partial charge < -0.3 is 5.32 Å². The van der Waals surface area contributed by atoms with Crippen LogP contribution in [0.2, 0.25) is 0 Å². The second-order valence-corrected chi connectivity index (χ2v) is 6.53. The lowest BCUT2D eigenvalue weighted by Gasteiger charge is -2.24. The Balaban J connectivity index is 1.99. The van der Waals surface area contributed by atoms with E-state index in [0.717, 1.165) is 12.1 Å². The maximum absolute atomic E-state index is 12.6. The predicted molar refractivity (Wildman–Crippen MR) is 93.6 cm³/mol. The first kappa shape index (κ1) is 20.0. The van der Waals surface area contributed by atoms with Gasteiger partial charge >= 0.3 is 6.18 Å². The molecule has 2 aromatic rings. The van der Waals surface area contributed by atoms with E-state index in [1.54, 1.807) is 35.8 Å². The van der Waals surface area contributed by atoms with Gasteiger partial charge in [0.1, 0.15) is 5.82 Å². The molecular weight excluding hydrogens is 345 g/mol.